The molecule has 0 saturated carbocycles. The topological polar surface area (TPSA) is 98.7 Å². The molecular weight excluding hydrogens is 328 g/mol. The van der Waals surface area contributed by atoms with Gasteiger partial charge in [0, 0.05) is 17.8 Å². The Morgan fingerprint density at radius 3 is 2.42 bits per heavy atom. The van der Waals surface area contributed by atoms with E-state index in [2.05, 4.69) is 10.6 Å². The van der Waals surface area contributed by atoms with Crippen molar-refractivity contribution in [3.8, 4) is 5.75 Å². The highest BCUT2D eigenvalue weighted by Crippen LogP contribution is 2.21. The Balaban J connectivity index is 1.93. The molecule has 0 fully saturated rings. The number of anilines is 1. The van der Waals surface area contributed by atoms with E-state index in [1.165, 1.54) is 24.3 Å². The Bertz CT molecular complexity index is 803. The van der Waals surface area contributed by atoms with Gasteiger partial charge in [-0.2, -0.15) is 0 Å². The molecule has 2 aromatic rings. The largest absolute Gasteiger partial charge is 0.507 e. The molecule has 4 N–H and O–H groups in total. The molecule has 2 aromatic carbocycles. The number of hydrogen-bond donors (Lipinski definition) is 4. The van der Waals surface area contributed by atoms with Crippen LogP contribution < -0.4 is 10.6 Å². The molecule has 122 valence electrons. The number of aromatic carboxylic acids is 1. The van der Waals surface area contributed by atoms with E-state index in [0.717, 1.165) is 5.56 Å². The van der Waals surface area contributed by atoms with E-state index in [0.29, 0.717) is 5.69 Å². The molecule has 2 rings (SSSR count). The van der Waals surface area contributed by atoms with E-state index < -0.39 is 17.6 Å². The lowest BCUT2D eigenvalue weighted by molar-refractivity contribution is -0.115. The number of thiocarbonyl (C=S) groups is 1. The van der Waals surface area contributed by atoms with Crippen LogP contribution in [0.3, 0.4) is 0 Å². The summed E-state index contributed by atoms with van der Waals surface area (Å²) in [4.78, 5) is 22.6. The zero-order valence-corrected chi connectivity index (χ0v) is 13.2. The van der Waals surface area contributed by atoms with Crippen molar-refractivity contribution in [2.45, 2.75) is 0 Å². The number of nitrogens with one attached hydrogen (secondary N) is 2. The summed E-state index contributed by atoms with van der Waals surface area (Å²) in [7, 11) is 0. The van der Waals surface area contributed by atoms with E-state index in [-0.39, 0.29) is 10.7 Å². The first kappa shape index (κ1) is 17.2. The highest BCUT2D eigenvalue weighted by atomic mass is 32.1. The van der Waals surface area contributed by atoms with Crippen molar-refractivity contribution in [2.24, 2.45) is 0 Å². The van der Waals surface area contributed by atoms with Crippen molar-refractivity contribution in [3.05, 3.63) is 65.7 Å². The Labute approximate surface area is 143 Å². The predicted molar refractivity (Wildman–Crippen MR) is 94.9 cm³/mol. The summed E-state index contributed by atoms with van der Waals surface area (Å²) >= 11 is 5.00. The summed E-state index contributed by atoms with van der Waals surface area (Å²) in [5, 5.41) is 23.6. The Morgan fingerprint density at radius 2 is 1.79 bits per heavy atom. The summed E-state index contributed by atoms with van der Waals surface area (Å²) in [6.45, 7) is 0. The van der Waals surface area contributed by atoms with E-state index >= 15 is 0 Å². The van der Waals surface area contributed by atoms with Gasteiger partial charge in [-0.3, -0.25) is 10.1 Å². The fourth-order valence-electron chi connectivity index (χ4n) is 1.84. The van der Waals surface area contributed by atoms with Crippen LogP contribution in [-0.4, -0.2) is 27.2 Å². The maximum Gasteiger partial charge on any atom is 0.339 e. The molecule has 0 aliphatic carbocycles. The standard InChI is InChI=1S/C17H14N2O4S/c20-14-10-12(7-8-13(14)16(22)23)18-17(24)19-15(21)9-6-11-4-2-1-3-5-11/h1-10,20H,(H,22,23)(H2,18,19,21,24)/b9-6+. The number of carboxylic acid groups (broad SMARTS) is 1. The molecule has 7 heteroatoms. The number of benzene rings is 2. The van der Waals surface area contributed by atoms with Gasteiger partial charge in [-0.1, -0.05) is 30.3 Å². The maximum absolute atomic E-state index is 11.8. The first-order chi connectivity index (χ1) is 11.5. The molecule has 24 heavy (non-hydrogen) atoms. The van der Waals surface area contributed by atoms with Crippen molar-refractivity contribution in [3.63, 3.8) is 0 Å². The average Bonchev–Trinajstić information content (AvgIpc) is 2.53. The first-order valence-corrected chi connectivity index (χ1v) is 7.28. The van der Waals surface area contributed by atoms with Gasteiger partial charge in [0.15, 0.2) is 5.11 Å². The lowest BCUT2D eigenvalue weighted by atomic mass is 10.2. The van der Waals surface area contributed by atoms with Gasteiger partial charge in [-0.05, 0) is 36.0 Å². The van der Waals surface area contributed by atoms with Crippen molar-refractivity contribution in [2.75, 3.05) is 5.32 Å². The second-order valence-electron chi connectivity index (χ2n) is 4.72. The summed E-state index contributed by atoms with van der Waals surface area (Å²) in [5.74, 6) is -2.05. The van der Waals surface area contributed by atoms with E-state index in [4.69, 9.17) is 17.3 Å². The molecule has 0 atom stereocenters. The van der Waals surface area contributed by atoms with Crippen LogP contribution in [0.25, 0.3) is 6.08 Å². The second-order valence-corrected chi connectivity index (χ2v) is 5.13. The van der Waals surface area contributed by atoms with Crippen LogP contribution in [0, 0.1) is 0 Å². The zero-order valence-electron chi connectivity index (χ0n) is 12.4. The third-order valence-corrected chi connectivity index (χ3v) is 3.15. The van der Waals surface area contributed by atoms with Crippen LogP contribution in [0.1, 0.15) is 15.9 Å². The molecule has 0 spiro atoms. The molecule has 6 nitrogen and oxygen atoms in total. The van der Waals surface area contributed by atoms with Crippen LogP contribution in [0.15, 0.2) is 54.6 Å². The van der Waals surface area contributed by atoms with Gasteiger partial charge < -0.3 is 15.5 Å². The Kier molecular flexibility index (Phi) is 5.64. The third-order valence-electron chi connectivity index (χ3n) is 2.95. The minimum Gasteiger partial charge on any atom is -0.507 e. The third kappa shape index (κ3) is 4.92. The molecule has 1 amide bonds. The minimum atomic E-state index is -1.24. The molecule has 0 unspecified atom stereocenters. The number of rotatable bonds is 4. The van der Waals surface area contributed by atoms with Gasteiger partial charge in [0.25, 0.3) is 0 Å². The lowest BCUT2D eigenvalue weighted by Gasteiger charge is -2.09. The van der Waals surface area contributed by atoms with E-state index in [1.807, 2.05) is 30.3 Å². The monoisotopic (exact) mass is 342 g/mol. The molecular formula is C17H14N2O4S. The molecule has 0 aromatic heterocycles. The van der Waals surface area contributed by atoms with Crippen LogP contribution >= 0.6 is 12.2 Å². The fraction of sp³-hybridized carbons (Fsp3) is 0. The smallest absolute Gasteiger partial charge is 0.339 e. The zero-order chi connectivity index (χ0) is 17.5. The highest BCUT2D eigenvalue weighted by molar-refractivity contribution is 7.80. The van der Waals surface area contributed by atoms with Crippen LogP contribution in [0.2, 0.25) is 0 Å². The highest BCUT2D eigenvalue weighted by Gasteiger charge is 2.10. The number of aromatic hydroxyl groups is 1. The van der Waals surface area contributed by atoms with Gasteiger partial charge in [0.2, 0.25) is 5.91 Å². The van der Waals surface area contributed by atoms with Crippen molar-refractivity contribution in [1.82, 2.24) is 5.32 Å². The molecule has 0 aliphatic rings. The fourth-order valence-corrected chi connectivity index (χ4v) is 2.06. The summed E-state index contributed by atoms with van der Waals surface area (Å²) in [5.41, 5.74) is 1.01. The molecule has 0 radical (unpaired) electrons. The number of carboxylic acids is 1. The summed E-state index contributed by atoms with van der Waals surface area (Å²) in [6, 6.07) is 13.2. The van der Waals surface area contributed by atoms with Gasteiger partial charge >= 0.3 is 5.97 Å². The van der Waals surface area contributed by atoms with Gasteiger partial charge in [-0.25, -0.2) is 4.79 Å². The average molecular weight is 342 g/mol. The number of carbonyl (C=O) groups excluding carboxylic acids is 1. The van der Waals surface area contributed by atoms with Gasteiger partial charge in [0.1, 0.15) is 11.3 Å². The number of amides is 1. The van der Waals surface area contributed by atoms with Gasteiger partial charge in [-0.15, -0.1) is 0 Å². The molecule has 0 bridgehead atoms. The number of hydrogen-bond acceptors (Lipinski definition) is 4. The quantitative estimate of drug-likeness (QED) is 0.504. The molecule has 0 saturated heterocycles. The van der Waals surface area contributed by atoms with Crippen LogP contribution in [0.5, 0.6) is 5.75 Å². The molecule has 0 heterocycles. The van der Waals surface area contributed by atoms with Crippen molar-refractivity contribution < 1.29 is 19.8 Å². The number of phenols is 1. The summed E-state index contributed by atoms with van der Waals surface area (Å²) < 4.78 is 0. The Hall–Kier alpha value is -3.19. The maximum atomic E-state index is 11.8. The van der Waals surface area contributed by atoms with E-state index in [9.17, 15) is 14.7 Å². The van der Waals surface area contributed by atoms with Gasteiger partial charge in [0.05, 0.1) is 0 Å². The normalized spacial score (nSPS) is 10.3. The van der Waals surface area contributed by atoms with Crippen molar-refractivity contribution >= 4 is 41.0 Å². The van der Waals surface area contributed by atoms with Crippen LogP contribution in [0.4, 0.5) is 5.69 Å². The summed E-state index contributed by atoms with van der Waals surface area (Å²) in [6.07, 6.45) is 2.99. The SMILES string of the molecule is O=C(/C=C/c1ccccc1)NC(=S)Nc1ccc(C(=O)O)c(O)c1. The van der Waals surface area contributed by atoms with Crippen LogP contribution in [-0.2, 0) is 4.79 Å². The minimum absolute atomic E-state index is 0.0280. The number of carbonyl (C=O) groups is 2. The lowest BCUT2D eigenvalue weighted by Crippen LogP contribution is -2.32. The predicted octanol–water partition coefficient (Wildman–Crippen LogP) is 2.62. The molecule has 0 aliphatic heterocycles. The van der Waals surface area contributed by atoms with Crippen molar-refractivity contribution in [1.29, 1.82) is 0 Å². The second kappa shape index (κ2) is 7.89. The Morgan fingerprint density at radius 1 is 1.08 bits per heavy atom. The van der Waals surface area contributed by atoms with E-state index in [1.54, 1.807) is 6.08 Å². The first-order valence-electron chi connectivity index (χ1n) is 6.87.